The Hall–Kier alpha value is -2.16. The fourth-order valence-corrected chi connectivity index (χ4v) is 3.00. The summed E-state index contributed by atoms with van der Waals surface area (Å²) in [5, 5.41) is 36.8. The molecular weight excluding hydrogens is 336 g/mol. The van der Waals surface area contributed by atoms with Crippen LogP contribution < -0.4 is 0 Å². The van der Waals surface area contributed by atoms with Crippen molar-refractivity contribution in [3.63, 3.8) is 0 Å². The zero-order valence-corrected chi connectivity index (χ0v) is 13.8. The van der Waals surface area contributed by atoms with Crippen molar-refractivity contribution in [1.82, 2.24) is 0 Å². The molecule has 0 spiro atoms. The molecule has 1 heterocycles. The second kappa shape index (κ2) is 9.36. The van der Waals surface area contributed by atoms with E-state index in [-0.39, 0.29) is 12.8 Å². The van der Waals surface area contributed by atoms with Gasteiger partial charge in [0, 0.05) is 6.42 Å². The van der Waals surface area contributed by atoms with Gasteiger partial charge in [0.1, 0.15) is 5.92 Å². The lowest BCUT2D eigenvalue weighted by atomic mass is 9.82. The highest BCUT2D eigenvalue weighted by Gasteiger charge is 2.64. The SMILES string of the molecule is O=C(O)CCCCCCCCC[C@@H]1C(=O)O[C@H](C(=O)O)[C@]1(O)C(=O)O. The quantitative estimate of drug-likeness (QED) is 0.294. The molecule has 1 aliphatic rings. The summed E-state index contributed by atoms with van der Waals surface area (Å²) in [5.41, 5.74) is -2.75. The van der Waals surface area contributed by atoms with Crippen LogP contribution >= 0.6 is 0 Å². The summed E-state index contributed by atoms with van der Waals surface area (Å²) in [6.45, 7) is 0. The van der Waals surface area contributed by atoms with Gasteiger partial charge in [-0.1, -0.05) is 38.5 Å². The molecule has 0 aromatic heterocycles. The van der Waals surface area contributed by atoms with E-state index in [9.17, 15) is 24.3 Å². The van der Waals surface area contributed by atoms with Gasteiger partial charge in [-0.2, -0.15) is 0 Å². The topological polar surface area (TPSA) is 158 Å². The average molecular weight is 360 g/mol. The van der Waals surface area contributed by atoms with E-state index in [1.807, 2.05) is 0 Å². The van der Waals surface area contributed by atoms with Gasteiger partial charge in [0.05, 0.1) is 0 Å². The number of aliphatic hydroxyl groups is 1. The maximum atomic E-state index is 11.7. The largest absolute Gasteiger partial charge is 0.481 e. The predicted molar refractivity (Wildman–Crippen MR) is 82.8 cm³/mol. The van der Waals surface area contributed by atoms with Gasteiger partial charge in [0.25, 0.3) is 0 Å². The van der Waals surface area contributed by atoms with E-state index in [4.69, 9.17) is 15.3 Å². The van der Waals surface area contributed by atoms with Gasteiger partial charge in [0.2, 0.25) is 11.7 Å². The van der Waals surface area contributed by atoms with Crippen LogP contribution in [0.4, 0.5) is 0 Å². The van der Waals surface area contributed by atoms with Crippen molar-refractivity contribution in [3.05, 3.63) is 0 Å². The first-order valence-corrected chi connectivity index (χ1v) is 8.32. The molecule has 9 heteroatoms. The number of esters is 1. The smallest absolute Gasteiger partial charge is 0.348 e. The molecular formula is C16H24O9. The molecule has 25 heavy (non-hydrogen) atoms. The summed E-state index contributed by atoms with van der Waals surface area (Å²) in [6.07, 6.45) is 3.28. The van der Waals surface area contributed by atoms with Crippen LogP contribution in [0.5, 0.6) is 0 Å². The minimum absolute atomic E-state index is 0.0322. The van der Waals surface area contributed by atoms with Gasteiger partial charge in [-0.15, -0.1) is 0 Å². The van der Waals surface area contributed by atoms with Gasteiger partial charge in [-0.3, -0.25) is 9.59 Å². The molecule has 9 nitrogen and oxygen atoms in total. The minimum atomic E-state index is -2.75. The standard InChI is InChI=1S/C16H24O9/c17-11(18)9-7-5-3-1-2-4-6-8-10-14(21)25-12(13(19)20)16(10,24)15(22)23/h10,12,24H,1-9H2,(H,17,18)(H,19,20)(H,22,23)/t10-,12-,16+/m1/s1. The first-order chi connectivity index (χ1) is 11.7. The average Bonchev–Trinajstić information content (AvgIpc) is 2.78. The lowest BCUT2D eigenvalue weighted by Gasteiger charge is -2.24. The van der Waals surface area contributed by atoms with E-state index in [2.05, 4.69) is 4.74 Å². The van der Waals surface area contributed by atoms with E-state index in [1.165, 1.54) is 0 Å². The molecule has 4 N–H and O–H groups in total. The van der Waals surface area contributed by atoms with Crippen molar-refractivity contribution in [1.29, 1.82) is 0 Å². The van der Waals surface area contributed by atoms with Crippen molar-refractivity contribution >= 4 is 23.9 Å². The summed E-state index contributed by atoms with van der Waals surface area (Å²) >= 11 is 0. The number of ether oxygens (including phenoxy) is 1. The molecule has 0 bridgehead atoms. The Morgan fingerprint density at radius 3 is 1.92 bits per heavy atom. The van der Waals surface area contributed by atoms with Crippen LogP contribution in [0.3, 0.4) is 0 Å². The molecule has 0 aromatic carbocycles. The van der Waals surface area contributed by atoms with Crippen LogP contribution in [0.1, 0.15) is 57.8 Å². The Kier molecular flexibility index (Phi) is 7.82. The van der Waals surface area contributed by atoms with Gasteiger partial charge in [-0.05, 0) is 12.8 Å². The molecule has 0 aliphatic carbocycles. The van der Waals surface area contributed by atoms with E-state index in [1.54, 1.807) is 0 Å². The van der Waals surface area contributed by atoms with Crippen molar-refractivity contribution in [2.75, 3.05) is 0 Å². The molecule has 0 unspecified atom stereocenters. The number of hydrogen-bond donors (Lipinski definition) is 4. The number of carboxylic acids is 3. The number of cyclic esters (lactones) is 1. The Morgan fingerprint density at radius 1 is 0.920 bits per heavy atom. The van der Waals surface area contributed by atoms with Gasteiger partial charge in [-0.25, -0.2) is 9.59 Å². The molecule has 1 saturated heterocycles. The molecule has 1 fully saturated rings. The number of unbranched alkanes of at least 4 members (excludes halogenated alkanes) is 6. The zero-order chi connectivity index (χ0) is 19.0. The van der Waals surface area contributed by atoms with Crippen molar-refractivity contribution in [3.8, 4) is 0 Å². The molecule has 0 radical (unpaired) electrons. The lowest BCUT2D eigenvalue weighted by Crippen LogP contribution is -2.54. The Labute approximate surface area is 144 Å². The highest BCUT2D eigenvalue weighted by atomic mass is 16.6. The first kappa shape index (κ1) is 20.9. The maximum absolute atomic E-state index is 11.7. The third-order valence-corrected chi connectivity index (χ3v) is 4.40. The molecule has 3 atom stereocenters. The van der Waals surface area contributed by atoms with Crippen molar-refractivity contribution < 1.29 is 44.3 Å². The summed E-state index contributed by atoms with van der Waals surface area (Å²) in [4.78, 5) is 44.4. The third kappa shape index (κ3) is 5.42. The highest BCUT2D eigenvalue weighted by Crippen LogP contribution is 2.37. The van der Waals surface area contributed by atoms with Gasteiger partial charge < -0.3 is 25.2 Å². The van der Waals surface area contributed by atoms with Crippen LogP contribution in [0.25, 0.3) is 0 Å². The van der Waals surface area contributed by atoms with Crippen LogP contribution in [-0.2, 0) is 23.9 Å². The second-order valence-electron chi connectivity index (χ2n) is 6.25. The summed E-state index contributed by atoms with van der Waals surface area (Å²) in [6, 6.07) is 0. The van der Waals surface area contributed by atoms with E-state index in [0.29, 0.717) is 19.3 Å². The second-order valence-corrected chi connectivity index (χ2v) is 6.25. The number of rotatable bonds is 12. The van der Waals surface area contributed by atoms with E-state index in [0.717, 1.165) is 25.7 Å². The Bertz CT molecular complexity index is 516. The fourth-order valence-electron chi connectivity index (χ4n) is 3.00. The number of carboxylic acid groups (broad SMARTS) is 3. The third-order valence-electron chi connectivity index (χ3n) is 4.40. The number of aliphatic carboxylic acids is 3. The zero-order valence-electron chi connectivity index (χ0n) is 13.8. The molecule has 0 aromatic rings. The summed E-state index contributed by atoms with van der Waals surface area (Å²) in [7, 11) is 0. The molecule has 1 aliphatic heterocycles. The number of hydrogen-bond acceptors (Lipinski definition) is 6. The van der Waals surface area contributed by atoms with Crippen LogP contribution in [0.2, 0.25) is 0 Å². The molecule has 0 saturated carbocycles. The van der Waals surface area contributed by atoms with Crippen LogP contribution in [0, 0.1) is 5.92 Å². The number of carbonyl (C=O) groups is 4. The minimum Gasteiger partial charge on any atom is -0.481 e. The monoisotopic (exact) mass is 360 g/mol. The van der Waals surface area contributed by atoms with Crippen LogP contribution in [-0.4, -0.2) is 56.0 Å². The summed E-state index contributed by atoms with van der Waals surface area (Å²) < 4.78 is 4.54. The Morgan fingerprint density at radius 2 is 1.44 bits per heavy atom. The first-order valence-electron chi connectivity index (χ1n) is 8.32. The van der Waals surface area contributed by atoms with Crippen molar-refractivity contribution in [2.24, 2.45) is 5.92 Å². The van der Waals surface area contributed by atoms with Gasteiger partial charge in [0.15, 0.2) is 0 Å². The normalized spacial score (nSPS) is 25.6. The Balaban J connectivity index is 2.36. The van der Waals surface area contributed by atoms with E-state index >= 15 is 0 Å². The molecule has 1 rings (SSSR count). The van der Waals surface area contributed by atoms with Crippen molar-refractivity contribution in [2.45, 2.75) is 69.5 Å². The predicted octanol–water partition coefficient (Wildman–Crippen LogP) is 1.02. The van der Waals surface area contributed by atoms with E-state index < -0.39 is 41.5 Å². The maximum Gasteiger partial charge on any atom is 0.348 e. The molecule has 0 amide bonds. The lowest BCUT2D eigenvalue weighted by molar-refractivity contribution is -0.179. The fraction of sp³-hybridized carbons (Fsp3) is 0.750. The highest BCUT2D eigenvalue weighted by molar-refractivity contribution is 5.97. The summed E-state index contributed by atoms with van der Waals surface area (Å²) in [5.74, 6) is -6.70. The number of carbonyl (C=O) groups excluding carboxylic acids is 1. The van der Waals surface area contributed by atoms with Crippen LogP contribution in [0.15, 0.2) is 0 Å². The van der Waals surface area contributed by atoms with Gasteiger partial charge >= 0.3 is 23.9 Å². The molecule has 142 valence electrons.